The van der Waals surface area contributed by atoms with Gasteiger partial charge in [0.1, 0.15) is 0 Å². The molecule has 9 heteroatoms. The molecule has 8 nitrogen and oxygen atoms in total. The van der Waals surface area contributed by atoms with Crippen molar-refractivity contribution in [3.63, 3.8) is 0 Å². The fourth-order valence-electron chi connectivity index (χ4n) is 2.94. The Labute approximate surface area is 122 Å². The lowest BCUT2D eigenvalue weighted by Gasteiger charge is -2.37. The van der Waals surface area contributed by atoms with Gasteiger partial charge < -0.3 is 5.11 Å². The van der Waals surface area contributed by atoms with Gasteiger partial charge in [-0.1, -0.05) is 0 Å². The molecule has 0 radical (unpaired) electrons. The second kappa shape index (κ2) is 5.72. The molecule has 118 valence electrons. The number of amides is 2. The van der Waals surface area contributed by atoms with Crippen LogP contribution in [0.5, 0.6) is 0 Å². The number of likely N-dealkylation sites (tertiary alicyclic amines) is 1. The van der Waals surface area contributed by atoms with Crippen molar-refractivity contribution in [1.29, 1.82) is 0 Å². The Morgan fingerprint density at radius 1 is 1.38 bits per heavy atom. The molecule has 0 spiro atoms. The molecule has 0 aromatic carbocycles. The average Bonchev–Trinajstić information content (AvgIpc) is 2.63. The minimum Gasteiger partial charge on any atom is -0.481 e. The van der Waals surface area contributed by atoms with Crippen molar-refractivity contribution in [2.24, 2.45) is 0 Å². The normalized spacial score (nSPS) is 29.9. The molecule has 0 aromatic heterocycles. The van der Waals surface area contributed by atoms with E-state index in [1.165, 1.54) is 0 Å². The van der Waals surface area contributed by atoms with Crippen LogP contribution in [-0.4, -0.2) is 77.8 Å². The molecule has 21 heavy (non-hydrogen) atoms. The molecule has 2 amide bonds. The first kappa shape index (κ1) is 15.9. The fraction of sp³-hybridized carbons (Fsp3) is 0.750. The SMILES string of the molecule is CCN1C(=O)CC(N2CCS(=O)(=O)CC2CC(=O)O)C1=O. The van der Waals surface area contributed by atoms with E-state index in [1.54, 1.807) is 11.8 Å². The highest BCUT2D eigenvalue weighted by atomic mass is 32.2. The third-order valence-electron chi connectivity index (χ3n) is 3.92. The smallest absolute Gasteiger partial charge is 0.304 e. The lowest BCUT2D eigenvalue weighted by Crippen LogP contribution is -2.55. The lowest BCUT2D eigenvalue weighted by atomic mass is 10.1. The Balaban J connectivity index is 2.22. The van der Waals surface area contributed by atoms with Crippen molar-refractivity contribution >= 4 is 27.6 Å². The number of carboxylic acids is 1. The van der Waals surface area contributed by atoms with Gasteiger partial charge >= 0.3 is 5.97 Å². The molecule has 0 aromatic rings. The van der Waals surface area contributed by atoms with Crippen LogP contribution in [0.1, 0.15) is 19.8 Å². The highest BCUT2D eigenvalue weighted by Crippen LogP contribution is 2.25. The standard InChI is InChI=1S/C12H18N2O6S/c1-2-13-10(15)6-9(12(13)18)14-3-4-21(19,20)7-8(14)5-11(16)17/h8-9H,2-7H2,1H3,(H,16,17). The Morgan fingerprint density at radius 3 is 2.57 bits per heavy atom. The summed E-state index contributed by atoms with van der Waals surface area (Å²) in [5.41, 5.74) is 0. The molecule has 2 aliphatic rings. The van der Waals surface area contributed by atoms with Crippen LogP contribution in [0.3, 0.4) is 0 Å². The third kappa shape index (κ3) is 3.24. The molecule has 1 N–H and O–H groups in total. The number of carboxylic acid groups (broad SMARTS) is 1. The van der Waals surface area contributed by atoms with Crippen LogP contribution in [0.25, 0.3) is 0 Å². The molecule has 2 unspecified atom stereocenters. The predicted octanol–water partition coefficient (Wildman–Crippen LogP) is -1.29. The van der Waals surface area contributed by atoms with Crippen LogP contribution >= 0.6 is 0 Å². The molecule has 0 aliphatic carbocycles. The summed E-state index contributed by atoms with van der Waals surface area (Å²) < 4.78 is 23.4. The van der Waals surface area contributed by atoms with Crippen LogP contribution < -0.4 is 0 Å². The van der Waals surface area contributed by atoms with Crippen molar-refractivity contribution in [2.75, 3.05) is 24.6 Å². The highest BCUT2D eigenvalue weighted by Gasteiger charge is 2.46. The topological polar surface area (TPSA) is 112 Å². The minimum atomic E-state index is -3.30. The molecule has 2 rings (SSSR count). The largest absolute Gasteiger partial charge is 0.481 e. The Bertz CT molecular complexity index is 572. The molecule has 2 aliphatic heterocycles. The number of imide groups is 1. The van der Waals surface area contributed by atoms with Gasteiger partial charge in [-0.3, -0.25) is 24.2 Å². The van der Waals surface area contributed by atoms with E-state index >= 15 is 0 Å². The summed E-state index contributed by atoms with van der Waals surface area (Å²) in [7, 11) is -3.30. The van der Waals surface area contributed by atoms with Gasteiger partial charge in [0.25, 0.3) is 0 Å². The van der Waals surface area contributed by atoms with E-state index in [4.69, 9.17) is 5.11 Å². The number of hydrogen-bond donors (Lipinski definition) is 1. The second-order valence-corrected chi connectivity index (χ2v) is 7.53. The van der Waals surface area contributed by atoms with Gasteiger partial charge in [-0.05, 0) is 6.92 Å². The summed E-state index contributed by atoms with van der Waals surface area (Å²) >= 11 is 0. The zero-order valence-corrected chi connectivity index (χ0v) is 12.5. The summed E-state index contributed by atoms with van der Waals surface area (Å²) in [6.07, 6.45) is -0.369. The summed E-state index contributed by atoms with van der Waals surface area (Å²) in [5.74, 6) is -2.19. The van der Waals surface area contributed by atoms with Gasteiger partial charge in [0.15, 0.2) is 9.84 Å². The summed E-state index contributed by atoms with van der Waals surface area (Å²) in [6, 6.07) is -1.50. The number of aliphatic carboxylic acids is 1. The van der Waals surface area contributed by atoms with Crippen molar-refractivity contribution in [2.45, 2.75) is 31.8 Å². The maximum absolute atomic E-state index is 12.2. The molecule has 2 fully saturated rings. The summed E-state index contributed by atoms with van der Waals surface area (Å²) in [5, 5.41) is 8.93. The minimum absolute atomic E-state index is 0.0111. The molecular formula is C12H18N2O6S. The Kier molecular flexibility index (Phi) is 4.33. The van der Waals surface area contributed by atoms with E-state index in [1.807, 2.05) is 0 Å². The number of sulfone groups is 1. The maximum Gasteiger partial charge on any atom is 0.304 e. The zero-order chi connectivity index (χ0) is 15.8. The van der Waals surface area contributed by atoms with Gasteiger partial charge in [0.05, 0.1) is 30.4 Å². The van der Waals surface area contributed by atoms with Gasteiger partial charge in [0, 0.05) is 19.1 Å². The number of nitrogens with zero attached hydrogens (tertiary/aromatic N) is 2. The predicted molar refractivity (Wildman–Crippen MR) is 72.2 cm³/mol. The zero-order valence-electron chi connectivity index (χ0n) is 11.7. The van der Waals surface area contributed by atoms with Gasteiger partial charge in [-0.2, -0.15) is 0 Å². The summed E-state index contributed by atoms with van der Waals surface area (Å²) in [4.78, 5) is 37.6. The number of carbonyl (C=O) groups is 3. The van der Waals surface area contributed by atoms with Crippen LogP contribution in [-0.2, 0) is 24.2 Å². The van der Waals surface area contributed by atoms with Crippen molar-refractivity contribution in [1.82, 2.24) is 9.80 Å². The molecule has 0 saturated carbocycles. The third-order valence-corrected chi connectivity index (χ3v) is 5.62. The van der Waals surface area contributed by atoms with Crippen molar-refractivity contribution < 1.29 is 27.9 Å². The van der Waals surface area contributed by atoms with Gasteiger partial charge in [-0.15, -0.1) is 0 Å². The van der Waals surface area contributed by atoms with Gasteiger partial charge in [0.2, 0.25) is 11.8 Å². The van der Waals surface area contributed by atoms with Crippen molar-refractivity contribution in [3.05, 3.63) is 0 Å². The first-order valence-corrected chi connectivity index (χ1v) is 8.59. The maximum atomic E-state index is 12.2. The van der Waals surface area contributed by atoms with Gasteiger partial charge in [-0.25, -0.2) is 8.42 Å². The lowest BCUT2D eigenvalue weighted by molar-refractivity contribution is -0.142. The fourth-order valence-corrected chi connectivity index (χ4v) is 4.50. The first-order chi connectivity index (χ1) is 9.75. The van der Waals surface area contributed by atoms with Crippen LogP contribution in [0.4, 0.5) is 0 Å². The average molecular weight is 318 g/mol. The molecule has 0 bridgehead atoms. The van der Waals surface area contributed by atoms with Crippen molar-refractivity contribution in [3.8, 4) is 0 Å². The van der Waals surface area contributed by atoms with E-state index < -0.39 is 27.9 Å². The summed E-state index contributed by atoms with van der Waals surface area (Å²) in [6.45, 7) is 2.04. The molecule has 2 saturated heterocycles. The van der Waals surface area contributed by atoms with E-state index in [9.17, 15) is 22.8 Å². The molecule has 2 atom stereocenters. The molecule has 2 heterocycles. The monoisotopic (exact) mass is 318 g/mol. The van der Waals surface area contributed by atoms with E-state index in [2.05, 4.69) is 0 Å². The second-order valence-electron chi connectivity index (χ2n) is 5.30. The van der Waals surface area contributed by atoms with Crippen LogP contribution in [0, 0.1) is 0 Å². The Morgan fingerprint density at radius 2 is 2.05 bits per heavy atom. The number of carbonyl (C=O) groups excluding carboxylic acids is 2. The number of likely N-dealkylation sites (N-methyl/N-ethyl adjacent to an activating group) is 1. The Hall–Kier alpha value is -1.48. The first-order valence-electron chi connectivity index (χ1n) is 6.77. The van der Waals surface area contributed by atoms with Crippen LogP contribution in [0.2, 0.25) is 0 Å². The van der Waals surface area contributed by atoms with E-state index in [-0.39, 0.29) is 49.3 Å². The van der Waals surface area contributed by atoms with E-state index in [0.717, 1.165) is 4.90 Å². The molecular weight excluding hydrogens is 300 g/mol. The number of rotatable bonds is 4. The van der Waals surface area contributed by atoms with Crippen LogP contribution in [0.15, 0.2) is 0 Å². The quantitative estimate of drug-likeness (QED) is 0.642. The van der Waals surface area contributed by atoms with E-state index in [0.29, 0.717) is 0 Å². The number of hydrogen-bond acceptors (Lipinski definition) is 6. The highest BCUT2D eigenvalue weighted by molar-refractivity contribution is 7.91.